The molecule has 0 aliphatic heterocycles. The van der Waals surface area contributed by atoms with Gasteiger partial charge in [0.25, 0.3) is 0 Å². The molecule has 0 radical (unpaired) electrons. The maximum absolute atomic E-state index is 5.30. The Hall–Kier alpha value is -0.380. The zero-order valence-corrected chi connectivity index (χ0v) is 8.36. The first-order valence-electron chi connectivity index (χ1n) is 4.29. The van der Waals surface area contributed by atoms with E-state index in [0.717, 1.165) is 6.54 Å². The molecule has 1 aliphatic carbocycles. The van der Waals surface area contributed by atoms with Gasteiger partial charge in [-0.1, -0.05) is 12.8 Å². The highest BCUT2D eigenvalue weighted by atomic mass is 32.2. The summed E-state index contributed by atoms with van der Waals surface area (Å²) in [7, 11) is 0. The molecule has 0 aromatic carbocycles. The van der Waals surface area contributed by atoms with Crippen molar-refractivity contribution in [3.05, 3.63) is 0 Å². The second-order valence-electron chi connectivity index (χ2n) is 3.34. The lowest BCUT2D eigenvalue weighted by molar-refractivity contribution is 0.621. The first-order valence-corrected chi connectivity index (χ1v) is 5.51. The highest BCUT2D eigenvalue weighted by molar-refractivity contribution is 8.00. The smallest absolute Gasteiger partial charge is 0.185 e. The number of thioether (sulfide) groups is 1. The molecule has 0 saturated heterocycles. The van der Waals surface area contributed by atoms with Crippen molar-refractivity contribution in [1.82, 2.24) is 0 Å². The van der Waals surface area contributed by atoms with E-state index in [1.165, 1.54) is 25.7 Å². The summed E-state index contributed by atoms with van der Waals surface area (Å²) in [5.74, 6) is 0.218. The molecule has 0 amide bonds. The number of nitrogens with zero attached hydrogens (tertiary/aromatic N) is 1. The van der Waals surface area contributed by atoms with Gasteiger partial charge in [-0.15, -0.1) is 0 Å². The Bertz CT molecular complexity index is 169. The van der Waals surface area contributed by atoms with E-state index in [9.17, 15) is 0 Å². The van der Waals surface area contributed by atoms with E-state index in [4.69, 9.17) is 11.5 Å². The third-order valence-corrected chi connectivity index (χ3v) is 3.90. The third-order valence-electron chi connectivity index (χ3n) is 2.50. The van der Waals surface area contributed by atoms with Gasteiger partial charge in [0.1, 0.15) is 0 Å². The van der Waals surface area contributed by atoms with Gasteiger partial charge in [-0.2, -0.15) is 11.8 Å². The summed E-state index contributed by atoms with van der Waals surface area (Å²) in [5, 5.41) is 0. The van der Waals surface area contributed by atoms with Crippen molar-refractivity contribution in [2.24, 2.45) is 16.5 Å². The molecule has 1 rings (SSSR count). The van der Waals surface area contributed by atoms with E-state index in [2.05, 4.69) is 11.2 Å². The maximum atomic E-state index is 5.30. The minimum Gasteiger partial charge on any atom is -0.370 e. The summed E-state index contributed by atoms with van der Waals surface area (Å²) < 4.78 is 0.337. The SMILES string of the molecule is CSC1(CN=C(N)N)CCCC1. The fourth-order valence-electron chi connectivity index (χ4n) is 1.68. The Morgan fingerprint density at radius 3 is 2.42 bits per heavy atom. The molecule has 12 heavy (non-hydrogen) atoms. The normalized spacial score (nSPS) is 20.8. The van der Waals surface area contributed by atoms with Gasteiger partial charge >= 0.3 is 0 Å². The zero-order valence-electron chi connectivity index (χ0n) is 7.55. The highest BCUT2D eigenvalue weighted by Gasteiger charge is 2.32. The van der Waals surface area contributed by atoms with Gasteiger partial charge in [0.2, 0.25) is 0 Å². The molecule has 0 aromatic heterocycles. The van der Waals surface area contributed by atoms with E-state index in [-0.39, 0.29) is 5.96 Å². The molecule has 0 heterocycles. The van der Waals surface area contributed by atoms with E-state index >= 15 is 0 Å². The molecule has 1 fully saturated rings. The molecule has 4 N–H and O–H groups in total. The quantitative estimate of drug-likeness (QED) is 0.510. The Labute approximate surface area is 78.0 Å². The van der Waals surface area contributed by atoms with E-state index in [0.29, 0.717) is 4.75 Å². The average Bonchev–Trinajstić information content (AvgIpc) is 2.50. The maximum Gasteiger partial charge on any atom is 0.185 e. The Balaban J connectivity index is 2.50. The predicted octanol–water partition coefficient (Wildman–Crippen LogP) is 0.936. The lowest BCUT2D eigenvalue weighted by Crippen LogP contribution is -2.29. The minimum absolute atomic E-state index is 0.218. The molecule has 0 aromatic rings. The number of nitrogens with two attached hydrogens (primary N) is 2. The van der Waals surface area contributed by atoms with Gasteiger partial charge in [0.15, 0.2) is 5.96 Å². The molecule has 1 saturated carbocycles. The van der Waals surface area contributed by atoms with Crippen LogP contribution in [0, 0.1) is 0 Å². The van der Waals surface area contributed by atoms with Crippen molar-refractivity contribution >= 4 is 17.7 Å². The molecule has 0 bridgehead atoms. The Morgan fingerprint density at radius 2 is 2.00 bits per heavy atom. The second-order valence-corrected chi connectivity index (χ2v) is 4.61. The topological polar surface area (TPSA) is 64.4 Å². The van der Waals surface area contributed by atoms with Gasteiger partial charge in [-0.3, -0.25) is 4.99 Å². The Kier molecular flexibility index (Phi) is 3.26. The highest BCUT2D eigenvalue weighted by Crippen LogP contribution is 2.40. The lowest BCUT2D eigenvalue weighted by Gasteiger charge is -2.24. The number of rotatable bonds is 3. The first-order chi connectivity index (χ1) is 5.68. The van der Waals surface area contributed by atoms with Crippen LogP contribution in [0.3, 0.4) is 0 Å². The van der Waals surface area contributed by atoms with E-state index in [1.54, 1.807) is 0 Å². The predicted molar refractivity (Wildman–Crippen MR) is 55.4 cm³/mol. The molecular formula is C8H17N3S. The largest absolute Gasteiger partial charge is 0.370 e. The van der Waals surface area contributed by atoms with Crippen LogP contribution in [0.25, 0.3) is 0 Å². The molecule has 0 unspecified atom stereocenters. The summed E-state index contributed by atoms with van der Waals surface area (Å²) in [6.07, 6.45) is 7.30. The average molecular weight is 187 g/mol. The van der Waals surface area contributed by atoms with E-state index in [1.807, 2.05) is 11.8 Å². The van der Waals surface area contributed by atoms with E-state index < -0.39 is 0 Å². The van der Waals surface area contributed by atoms with Crippen molar-refractivity contribution in [3.63, 3.8) is 0 Å². The van der Waals surface area contributed by atoms with Crippen LogP contribution in [0.2, 0.25) is 0 Å². The van der Waals surface area contributed by atoms with Crippen molar-refractivity contribution in [2.45, 2.75) is 30.4 Å². The van der Waals surface area contributed by atoms with Crippen LogP contribution < -0.4 is 11.5 Å². The third kappa shape index (κ3) is 2.30. The molecule has 1 aliphatic rings. The molecule has 4 heteroatoms. The number of hydrogen-bond acceptors (Lipinski definition) is 2. The molecule has 0 atom stereocenters. The molecule has 0 spiro atoms. The summed E-state index contributed by atoms with van der Waals surface area (Å²) >= 11 is 1.90. The van der Waals surface area contributed by atoms with Gasteiger partial charge in [-0.05, 0) is 19.1 Å². The van der Waals surface area contributed by atoms with Crippen LogP contribution in [-0.2, 0) is 0 Å². The van der Waals surface area contributed by atoms with Gasteiger partial charge in [0, 0.05) is 4.75 Å². The summed E-state index contributed by atoms with van der Waals surface area (Å²) in [4.78, 5) is 4.10. The van der Waals surface area contributed by atoms with Gasteiger partial charge < -0.3 is 11.5 Å². The zero-order chi connectivity index (χ0) is 9.03. The van der Waals surface area contributed by atoms with Crippen LogP contribution in [0.5, 0.6) is 0 Å². The minimum atomic E-state index is 0.218. The molecule has 70 valence electrons. The van der Waals surface area contributed by atoms with Crippen LogP contribution in [0.15, 0.2) is 4.99 Å². The molecular weight excluding hydrogens is 170 g/mol. The van der Waals surface area contributed by atoms with Crippen LogP contribution >= 0.6 is 11.8 Å². The number of aliphatic imine (C=N–C) groups is 1. The monoisotopic (exact) mass is 187 g/mol. The fraction of sp³-hybridized carbons (Fsp3) is 0.875. The number of hydrogen-bond donors (Lipinski definition) is 2. The fourth-order valence-corrected chi connectivity index (χ4v) is 2.57. The first kappa shape index (κ1) is 9.71. The van der Waals surface area contributed by atoms with Crippen molar-refractivity contribution < 1.29 is 0 Å². The van der Waals surface area contributed by atoms with Crippen LogP contribution in [-0.4, -0.2) is 23.5 Å². The molecule has 3 nitrogen and oxygen atoms in total. The summed E-state index contributed by atoms with van der Waals surface area (Å²) in [6, 6.07) is 0. The second kappa shape index (κ2) is 4.03. The number of guanidine groups is 1. The van der Waals surface area contributed by atoms with Crippen LogP contribution in [0.1, 0.15) is 25.7 Å². The summed E-state index contributed by atoms with van der Waals surface area (Å²) in [6.45, 7) is 0.788. The van der Waals surface area contributed by atoms with Gasteiger partial charge in [0.05, 0.1) is 6.54 Å². The van der Waals surface area contributed by atoms with Crippen LogP contribution in [0.4, 0.5) is 0 Å². The van der Waals surface area contributed by atoms with Crippen molar-refractivity contribution in [2.75, 3.05) is 12.8 Å². The Morgan fingerprint density at radius 1 is 1.42 bits per heavy atom. The van der Waals surface area contributed by atoms with Gasteiger partial charge in [-0.25, -0.2) is 0 Å². The lowest BCUT2D eigenvalue weighted by atomic mass is 10.1. The summed E-state index contributed by atoms with van der Waals surface area (Å²) in [5.41, 5.74) is 10.6. The standard InChI is InChI=1S/C8H17N3S/c1-12-8(4-2-3-5-8)6-11-7(9)10/h2-6H2,1H3,(H4,9,10,11). The van der Waals surface area contributed by atoms with Crippen molar-refractivity contribution in [1.29, 1.82) is 0 Å². The van der Waals surface area contributed by atoms with Crippen molar-refractivity contribution in [3.8, 4) is 0 Å².